The SMILES string of the molecule is CC(C)c1cnn(CCN(C)C)c1. The fourth-order valence-corrected chi connectivity index (χ4v) is 1.10. The van der Waals surface area contributed by atoms with Gasteiger partial charge < -0.3 is 4.90 Å². The summed E-state index contributed by atoms with van der Waals surface area (Å²) >= 11 is 0. The van der Waals surface area contributed by atoms with Gasteiger partial charge >= 0.3 is 0 Å². The molecule has 0 atom stereocenters. The molecule has 0 saturated carbocycles. The highest BCUT2D eigenvalue weighted by molar-refractivity contribution is 5.08. The molecule has 0 bridgehead atoms. The van der Waals surface area contributed by atoms with Crippen molar-refractivity contribution in [1.82, 2.24) is 14.7 Å². The molecule has 0 aliphatic carbocycles. The van der Waals surface area contributed by atoms with Gasteiger partial charge in [0.1, 0.15) is 0 Å². The minimum atomic E-state index is 0.577. The average molecular weight is 181 g/mol. The Labute approximate surface area is 80.4 Å². The van der Waals surface area contributed by atoms with Crippen molar-refractivity contribution >= 4 is 0 Å². The molecule has 1 heterocycles. The number of nitrogens with zero attached hydrogens (tertiary/aromatic N) is 3. The molecule has 0 saturated heterocycles. The highest BCUT2D eigenvalue weighted by atomic mass is 15.3. The van der Waals surface area contributed by atoms with E-state index in [9.17, 15) is 0 Å². The topological polar surface area (TPSA) is 21.1 Å². The smallest absolute Gasteiger partial charge is 0.0536 e. The van der Waals surface area contributed by atoms with Gasteiger partial charge in [0.15, 0.2) is 0 Å². The second-order valence-electron chi connectivity index (χ2n) is 3.99. The summed E-state index contributed by atoms with van der Waals surface area (Å²) in [6.45, 7) is 6.39. The van der Waals surface area contributed by atoms with Crippen LogP contribution in [-0.4, -0.2) is 35.3 Å². The van der Waals surface area contributed by atoms with Gasteiger partial charge in [0.25, 0.3) is 0 Å². The summed E-state index contributed by atoms with van der Waals surface area (Å²) in [5, 5.41) is 4.30. The predicted molar refractivity (Wildman–Crippen MR) is 54.9 cm³/mol. The molecule has 0 aromatic carbocycles. The van der Waals surface area contributed by atoms with Crippen LogP contribution in [0.3, 0.4) is 0 Å². The second-order valence-corrected chi connectivity index (χ2v) is 3.99. The van der Waals surface area contributed by atoms with Gasteiger partial charge in [0.05, 0.1) is 12.7 Å². The molecule has 0 aliphatic heterocycles. The summed E-state index contributed by atoms with van der Waals surface area (Å²) in [6.07, 6.45) is 4.09. The molecule has 0 N–H and O–H groups in total. The van der Waals surface area contributed by atoms with Crippen molar-refractivity contribution < 1.29 is 0 Å². The van der Waals surface area contributed by atoms with Gasteiger partial charge in [-0.15, -0.1) is 0 Å². The van der Waals surface area contributed by atoms with E-state index in [1.807, 2.05) is 10.9 Å². The normalized spacial score (nSPS) is 11.5. The predicted octanol–water partition coefficient (Wildman–Crippen LogP) is 1.57. The van der Waals surface area contributed by atoms with Crippen molar-refractivity contribution in [2.75, 3.05) is 20.6 Å². The Morgan fingerprint density at radius 1 is 1.46 bits per heavy atom. The summed E-state index contributed by atoms with van der Waals surface area (Å²) in [5.41, 5.74) is 1.32. The molecule has 0 fully saturated rings. The molecular formula is C10H19N3. The van der Waals surface area contributed by atoms with Crippen molar-refractivity contribution in [3.05, 3.63) is 18.0 Å². The molecule has 0 spiro atoms. The molecule has 3 nitrogen and oxygen atoms in total. The van der Waals surface area contributed by atoms with Crippen LogP contribution in [0.25, 0.3) is 0 Å². The summed E-state index contributed by atoms with van der Waals surface area (Å²) < 4.78 is 2.01. The second kappa shape index (κ2) is 4.42. The molecule has 74 valence electrons. The average Bonchev–Trinajstić information content (AvgIpc) is 2.48. The minimum Gasteiger partial charge on any atom is -0.308 e. The molecular weight excluding hydrogens is 162 g/mol. The fraction of sp³-hybridized carbons (Fsp3) is 0.700. The van der Waals surface area contributed by atoms with E-state index >= 15 is 0 Å². The summed E-state index contributed by atoms with van der Waals surface area (Å²) in [6, 6.07) is 0. The van der Waals surface area contributed by atoms with E-state index in [0.29, 0.717) is 5.92 Å². The van der Waals surface area contributed by atoms with E-state index in [0.717, 1.165) is 13.1 Å². The van der Waals surface area contributed by atoms with Gasteiger partial charge in [-0.25, -0.2) is 0 Å². The quantitative estimate of drug-likeness (QED) is 0.703. The molecule has 13 heavy (non-hydrogen) atoms. The van der Waals surface area contributed by atoms with Crippen LogP contribution in [0, 0.1) is 0 Å². The maximum absolute atomic E-state index is 4.30. The Balaban J connectivity index is 2.49. The molecule has 0 unspecified atom stereocenters. The van der Waals surface area contributed by atoms with Gasteiger partial charge in [-0.05, 0) is 25.6 Å². The third kappa shape index (κ3) is 3.19. The van der Waals surface area contributed by atoms with Crippen molar-refractivity contribution in [1.29, 1.82) is 0 Å². The number of likely N-dealkylation sites (N-methyl/N-ethyl adjacent to an activating group) is 1. The van der Waals surface area contributed by atoms with Gasteiger partial charge in [0, 0.05) is 12.7 Å². The van der Waals surface area contributed by atoms with E-state index < -0.39 is 0 Å². The van der Waals surface area contributed by atoms with Gasteiger partial charge in [-0.2, -0.15) is 5.10 Å². The Morgan fingerprint density at radius 3 is 2.62 bits per heavy atom. The highest BCUT2D eigenvalue weighted by Crippen LogP contribution is 2.11. The first-order chi connectivity index (χ1) is 6.09. The Bertz CT molecular complexity index is 250. The van der Waals surface area contributed by atoms with Gasteiger partial charge in [-0.1, -0.05) is 13.8 Å². The van der Waals surface area contributed by atoms with Crippen molar-refractivity contribution in [3.63, 3.8) is 0 Å². The number of hydrogen-bond donors (Lipinski definition) is 0. The summed E-state index contributed by atoms with van der Waals surface area (Å²) in [7, 11) is 4.15. The lowest BCUT2D eigenvalue weighted by Gasteiger charge is -2.08. The first-order valence-corrected chi connectivity index (χ1v) is 4.76. The monoisotopic (exact) mass is 181 g/mol. The highest BCUT2D eigenvalue weighted by Gasteiger charge is 2.02. The zero-order valence-electron chi connectivity index (χ0n) is 8.99. The zero-order valence-corrected chi connectivity index (χ0v) is 8.99. The van der Waals surface area contributed by atoms with Crippen molar-refractivity contribution in [2.45, 2.75) is 26.3 Å². The maximum atomic E-state index is 4.30. The minimum absolute atomic E-state index is 0.577. The van der Waals surface area contributed by atoms with E-state index in [2.05, 4.69) is 44.1 Å². The van der Waals surface area contributed by atoms with E-state index in [1.54, 1.807) is 0 Å². The van der Waals surface area contributed by atoms with Crippen molar-refractivity contribution in [3.8, 4) is 0 Å². The van der Waals surface area contributed by atoms with Gasteiger partial charge in [-0.3, -0.25) is 4.68 Å². The summed E-state index contributed by atoms with van der Waals surface area (Å²) in [4.78, 5) is 2.16. The zero-order chi connectivity index (χ0) is 9.84. The number of aromatic nitrogens is 2. The molecule has 3 heteroatoms. The van der Waals surface area contributed by atoms with Crippen LogP contribution in [0.4, 0.5) is 0 Å². The lowest BCUT2D eigenvalue weighted by molar-refractivity contribution is 0.373. The fourth-order valence-electron chi connectivity index (χ4n) is 1.10. The molecule has 0 amide bonds. The van der Waals surface area contributed by atoms with Crippen LogP contribution in [0.1, 0.15) is 25.3 Å². The van der Waals surface area contributed by atoms with Gasteiger partial charge in [0.2, 0.25) is 0 Å². The lowest BCUT2D eigenvalue weighted by atomic mass is 10.1. The van der Waals surface area contributed by atoms with Crippen LogP contribution in [0.5, 0.6) is 0 Å². The standard InChI is InChI=1S/C10H19N3/c1-9(2)10-7-11-13(8-10)6-5-12(3)4/h7-9H,5-6H2,1-4H3. The number of hydrogen-bond acceptors (Lipinski definition) is 2. The molecule has 1 aromatic heterocycles. The van der Waals surface area contributed by atoms with E-state index in [4.69, 9.17) is 0 Å². The lowest BCUT2D eigenvalue weighted by Crippen LogP contribution is -2.18. The summed E-state index contributed by atoms with van der Waals surface area (Å²) in [5.74, 6) is 0.577. The van der Waals surface area contributed by atoms with Crippen LogP contribution in [0.2, 0.25) is 0 Å². The van der Waals surface area contributed by atoms with Crippen LogP contribution >= 0.6 is 0 Å². The first-order valence-electron chi connectivity index (χ1n) is 4.76. The van der Waals surface area contributed by atoms with Crippen molar-refractivity contribution in [2.24, 2.45) is 0 Å². The largest absolute Gasteiger partial charge is 0.308 e. The third-order valence-corrected chi connectivity index (χ3v) is 2.10. The number of rotatable bonds is 4. The molecule has 1 aromatic rings. The Kier molecular flexibility index (Phi) is 3.48. The molecule has 0 radical (unpaired) electrons. The van der Waals surface area contributed by atoms with Crippen LogP contribution in [0.15, 0.2) is 12.4 Å². The third-order valence-electron chi connectivity index (χ3n) is 2.10. The Hall–Kier alpha value is -0.830. The Morgan fingerprint density at radius 2 is 2.15 bits per heavy atom. The maximum Gasteiger partial charge on any atom is 0.0536 e. The van der Waals surface area contributed by atoms with E-state index in [-0.39, 0.29) is 0 Å². The van der Waals surface area contributed by atoms with Crippen LogP contribution < -0.4 is 0 Å². The first kappa shape index (κ1) is 10.3. The molecule has 0 aliphatic rings. The van der Waals surface area contributed by atoms with E-state index in [1.165, 1.54) is 5.56 Å². The molecule has 1 rings (SSSR count). The van der Waals surface area contributed by atoms with Crippen LogP contribution in [-0.2, 0) is 6.54 Å².